The highest BCUT2D eigenvalue weighted by Gasteiger charge is 2.62. The van der Waals surface area contributed by atoms with Crippen molar-refractivity contribution in [3.05, 3.63) is 66.0 Å². The quantitative estimate of drug-likeness (QED) is 0.189. The first-order chi connectivity index (χ1) is 25.9. The second-order valence-corrected chi connectivity index (χ2v) is 16.6. The maximum absolute atomic E-state index is 14.5. The normalized spacial score (nSPS) is 25.1. The summed E-state index contributed by atoms with van der Waals surface area (Å²) in [6, 6.07) is 17.8. The third kappa shape index (κ3) is 8.20. The highest BCUT2D eigenvalue weighted by Crippen LogP contribution is 2.47. The topological polar surface area (TPSA) is 160 Å². The van der Waals surface area contributed by atoms with Crippen molar-refractivity contribution < 1.29 is 33.8 Å². The molecule has 2 saturated heterocycles. The molecule has 284 valence electrons. The van der Waals surface area contributed by atoms with Crippen LogP contribution in [0.4, 0.5) is 4.79 Å². The molecule has 3 aliphatic rings. The zero-order chi connectivity index (χ0) is 38.0. The predicted octanol–water partition coefficient (Wildman–Crippen LogP) is 6.97. The number of thiophene rings is 1. The van der Waals surface area contributed by atoms with Gasteiger partial charge in [-0.3, -0.25) is 9.59 Å². The zero-order valence-electron chi connectivity index (χ0n) is 30.9. The average molecular weight is 754 g/mol. The van der Waals surface area contributed by atoms with Crippen molar-refractivity contribution in [2.45, 2.75) is 108 Å². The average Bonchev–Trinajstić information content (AvgIpc) is 3.43. The van der Waals surface area contributed by atoms with E-state index < -0.39 is 53.2 Å². The Morgan fingerprint density at radius 2 is 1.70 bits per heavy atom. The van der Waals surface area contributed by atoms with Gasteiger partial charge in [-0.2, -0.15) is 0 Å². The maximum atomic E-state index is 14.5. The lowest BCUT2D eigenvalue weighted by atomic mass is 10.0. The molecule has 12 nitrogen and oxygen atoms in total. The number of nitrogens with one attached hydrogen (secondary N) is 2. The molecule has 1 saturated carbocycles. The minimum absolute atomic E-state index is 0.0173. The molecule has 2 aromatic heterocycles. The Bertz CT molecular complexity index is 2020. The summed E-state index contributed by atoms with van der Waals surface area (Å²) in [6.45, 7) is 5.27. The molecular weight excluding hydrogens is 707 g/mol. The number of amides is 3. The fraction of sp³-hybridized carbons (Fsp3) is 0.463. The standard InChI is InChI=1S/C41H47N5O7S/c1-40(2,3)53-39(51)44-30-16-11-6-4-5-10-15-27-23-41(27,38(49)50)45-35(47)32-22-28(24-46(32)37(30)48)52-36-34(33-17-12-20-54-33)42-31-21-26(18-19-29(31)43-36)25-13-8-7-9-14-25/h7-9,12-14,17-21,27-28,30,32H,4-6,10-11,15-16,22-24H2,1-3H3,(H,44,51)(H,45,47)(H,49,50)/t27?,28-,30+,32+,41?/m1/s1. The monoisotopic (exact) mass is 753 g/mol. The molecule has 0 spiro atoms. The van der Waals surface area contributed by atoms with Crippen LogP contribution in [-0.2, 0) is 19.1 Å². The van der Waals surface area contributed by atoms with Gasteiger partial charge < -0.3 is 30.1 Å². The van der Waals surface area contributed by atoms with Crippen LogP contribution in [0.5, 0.6) is 5.88 Å². The largest absolute Gasteiger partial charge is 0.479 e. The number of alkyl carbamates (subject to hydrolysis) is 1. The minimum Gasteiger partial charge on any atom is -0.479 e. The van der Waals surface area contributed by atoms with E-state index in [0.717, 1.165) is 41.7 Å². The Kier molecular flexibility index (Phi) is 10.6. The van der Waals surface area contributed by atoms with Crippen LogP contribution in [0, 0.1) is 5.92 Å². The van der Waals surface area contributed by atoms with Crippen molar-refractivity contribution in [3.8, 4) is 27.6 Å². The second-order valence-electron chi connectivity index (χ2n) is 15.6. The van der Waals surface area contributed by atoms with E-state index in [0.29, 0.717) is 42.4 Å². The number of carbonyl (C=O) groups is 4. The van der Waals surface area contributed by atoms with Gasteiger partial charge >= 0.3 is 12.1 Å². The van der Waals surface area contributed by atoms with Crippen LogP contribution < -0.4 is 15.4 Å². The van der Waals surface area contributed by atoms with E-state index in [1.807, 2.05) is 66.0 Å². The van der Waals surface area contributed by atoms with Crippen molar-refractivity contribution in [1.82, 2.24) is 25.5 Å². The zero-order valence-corrected chi connectivity index (χ0v) is 31.7. The Balaban J connectivity index is 1.21. The molecule has 13 heteroatoms. The van der Waals surface area contributed by atoms with Gasteiger partial charge in [0.1, 0.15) is 35.0 Å². The summed E-state index contributed by atoms with van der Waals surface area (Å²) in [4.78, 5) is 66.4. The number of carboxylic acid groups (broad SMARTS) is 1. The van der Waals surface area contributed by atoms with Crippen LogP contribution in [0.2, 0.25) is 0 Å². The highest BCUT2D eigenvalue weighted by molar-refractivity contribution is 7.13. The Hall–Kier alpha value is -5.04. The Morgan fingerprint density at radius 3 is 2.43 bits per heavy atom. The van der Waals surface area contributed by atoms with E-state index in [1.165, 1.54) is 16.2 Å². The Labute approximate surface area is 318 Å². The van der Waals surface area contributed by atoms with Gasteiger partial charge in [-0.15, -0.1) is 11.3 Å². The molecule has 3 fully saturated rings. The van der Waals surface area contributed by atoms with Gasteiger partial charge in [-0.1, -0.05) is 74.6 Å². The number of hydrogen-bond donors (Lipinski definition) is 3. The number of nitrogens with zero attached hydrogens (tertiary/aromatic N) is 3. The fourth-order valence-corrected chi connectivity index (χ4v) is 8.37. The van der Waals surface area contributed by atoms with Crippen LogP contribution in [-0.4, -0.2) is 79.7 Å². The summed E-state index contributed by atoms with van der Waals surface area (Å²) in [7, 11) is 0. The smallest absolute Gasteiger partial charge is 0.408 e. The van der Waals surface area contributed by atoms with Gasteiger partial charge in [0.2, 0.25) is 17.7 Å². The number of hydrogen-bond acceptors (Lipinski definition) is 9. The minimum atomic E-state index is -1.37. The number of fused-ring (bicyclic) bond motifs is 3. The van der Waals surface area contributed by atoms with E-state index in [-0.39, 0.29) is 24.8 Å². The van der Waals surface area contributed by atoms with Crippen LogP contribution in [0.15, 0.2) is 66.0 Å². The molecule has 2 aromatic carbocycles. The van der Waals surface area contributed by atoms with Gasteiger partial charge in [-0.25, -0.2) is 19.6 Å². The number of carbonyl (C=O) groups excluding carboxylic acids is 3. The molecule has 0 bridgehead atoms. The number of aliphatic carboxylic acids is 1. The van der Waals surface area contributed by atoms with Gasteiger partial charge in [0.25, 0.3) is 0 Å². The lowest BCUT2D eigenvalue weighted by molar-refractivity contribution is -0.146. The van der Waals surface area contributed by atoms with Crippen molar-refractivity contribution >= 4 is 46.2 Å². The maximum Gasteiger partial charge on any atom is 0.408 e. The first-order valence-electron chi connectivity index (χ1n) is 18.8. The molecule has 1 aliphatic carbocycles. The molecule has 2 unspecified atom stereocenters. The third-order valence-electron chi connectivity index (χ3n) is 10.5. The molecule has 3 N–H and O–H groups in total. The number of rotatable bonds is 6. The summed E-state index contributed by atoms with van der Waals surface area (Å²) in [5.74, 6) is -1.98. The first kappa shape index (κ1) is 37.3. The van der Waals surface area contributed by atoms with Crippen LogP contribution in [0.3, 0.4) is 0 Å². The van der Waals surface area contributed by atoms with Crippen molar-refractivity contribution in [2.75, 3.05) is 6.54 Å². The lowest BCUT2D eigenvalue weighted by Gasteiger charge is -2.30. The van der Waals surface area contributed by atoms with E-state index in [2.05, 4.69) is 10.6 Å². The summed E-state index contributed by atoms with van der Waals surface area (Å²) in [5, 5.41) is 17.8. The van der Waals surface area contributed by atoms with Gasteiger partial charge in [0.15, 0.2) is 0 Å². The van der Waals surface area contributed by atoms with Crippen LogP contribution in [0.25, 0.3) is 32.7 Å². The molecule has 4 heterocycles. The van der Waals surface area contributed by atoms with Crippen molar-refractivity contribution in [3.63, 3.8) is 0 Å². The second kappa shape index (κ2) is 15.4. The molecule has 4 aromatic rings. The molecular formula is C41H47N5O7S. The van der Waals surface area contributed by atoms with Gasteiger partial charge in [-0.05, 0) is 80.7 Å². The van der Waals surface area contributed by atoms with Crippen molar-refractivity contribution in [1.29, 1.82) is 0 Å². The summed E-state index contributed by atoms with van der Waals surface area (Å²) in [6.07, 6.45) is 4.32. The van der Waals surface area contributed by atoms with E-state index in [9.17, 15) is 24.3 Å². The van der Waals surface area contributed by atoms with E-state index >= 15 is 0 Å². The van der Waals surface area contributed by atoms with Gasteiger partial charge in [0, 0.05) is 6.42 Å². The number of aromatic nitrogens is 2. The third-order valence-corrected chi connectivity index (χ3v) is 11.4. The molecule has 3 amide bonds. The highest BCUT2D eigenvalue weighted by atomic mass is 32.1. The van der Waals surface area contributed by atoms with E-state index in [4.69, 9.17) is 19.4 Å². The summed E-state index contributed by atoms with van der Waals surface area (Å²) >= 11 is 1.50. The van der Waals surface area contributed by atoms with Crippen LogP contribution in [0.1, 0.15) is 78.6 Å². The number of ether oxygens (including phenoxy) is 2. The number of benzene rings is 2. The summed E-state index contributed by atoms with van der Waals surface area (Å²) < 4.78 is 12.1. The molecule has 54 heavy (non-hydrogen) atoms. The van der Waals surface area contributed by atoms with Gasteiger partial charge in [0.05, 0.1) is 22.5 Å². The van der Waals surface area contributed by atoms with E-state index in [1.54, 1.807) is 20.8 Å². The summed E-state index contributed by atoms with van der Waals surface area (Å²) in [5.41, 5.74) is 1.76. The first-order valence-corrected chi connectivity index (χ1v) is 19.7. The molecule has 2 aliphatic heterocycles. The molecule has 5 atom stereocenters. The predicted molar refractivity (Wildman–Crippen MR) is 205 cm³/mol. The fourth-order valence-electron chi connectivity index (χ4n) is 7.66. The number of carboxylic acids is 1. The lowest BCUT2D eigenvalue weighted by Crippen LogP contribution is -2.56. The van der Waals surface area contributed by atoms with Crippen LogP contribution >= 0.6 is 11.3 Å². The van der Waals surface area contributed by atoms with Crippen molar-refractivity contribution in [2.24, 2.45) is 5.92 Å². The SMILES string of the molecule is CC(C)(C)OC(=O)N[C@H]1CCCCCCCC2CC2(C(=O)O)NC(=O)[C@@H]2C[C@@H](Oc3nc4ccc(-c5ccccc5)cc4nc3-c3cccs3)CN2C1=O. The molecule has 0 radical (unpaired) electrons. The Morgan fingerprint density at radius 1 is 0.944 bits per heavy atom. The molecule has 7 rings (SSSR count).